The molecule has 0 rings (SSSR count). The molecule has 0 bridgehead atoms. The van der Waals surface area contributed by atoms with Gasteiger partial charge in [0.05, 0.1) is 0 Å². The van der Waals surface area contributed by atoms with Gasteiger partial charge >= 0.3 is 6.09 Å². The summed E-state index contributed by atoms with van der Waals surface area (Å²) in [6.45, 7) is 6.44. The Labute approximate surface area is 171 Å². The van der Waals surface area contributed by atoms with Gasteiger partial charge in [0.2, 0.25) is 0 Å². The van der Waals surface area contributed by atoms with E-state index in [4.69, 9.17) is 4.74 Å². The Kier molecular flexibility index (Phi) is 16.9. The average molecular weight is 403 g/mol. The Bertz CT molecular complexity index is 392. The highest BCUT2D eigenvalue weighted by Gasteiger charge is 2.17. The van der Waals surface area contributed by atoms with E-state index in [1.54, 1.807) is 0 Å². The van der Waals surface area contributed by atoms with Gasteiger partial charge in [0, 0.05) is 11.8 Å². The molecule has 0 spiro atoms. The fourth-order valence-corrected chi connectivity index (χ4v) is 3.53. The quantitative estimate of drug-likeness (QED) is 0.330. The van der Waals surface area contributed by atoms with Crippen LogP contribution >= 0.6 is 11.8 Å². The summed E-state index contributed by atoms with van der Waals surface area (Å²) < 4.78 is 5.57. The second-order valence-electron chi connectivity index (χ2n) is 7.62. The number of nitrogens with zero attached hydrogens (tertiary/aromatic N) is 1. The van der Waals surface area contributed by atoms with Crippen LogP contribution in [0.4, 0.5) is 9.59 Å². The molecule has 2 unspecified atom stereocenters. The number of hydrogen-bond donors (Lipinski definition) is 1. The third-order valence-corrected chi connectivity index (χ3v) is 5.84. The predicted octanol–water partition coefficient (Wildman–Crippen LogP) is 6.22. The normalized spacial score (nSPS) is 13.4. The number of carbonyl (C=O) groups is 2. The first-order valence-corrected chi connectivity index (χ1v) is 11.7. The van der Waals surface area contributed by atoms with Crippen molar-refractivity contribution in [3.63, 3.8) is 0 Å². The lowest BCUT2D eigenvalue weighted by molar-refractivity contribution is 0.0869. The lowest BCUT2D eigenvalue weighted by atomic mass is 10.0. The van der Waals surface area contributed by atoms with Gasteiger partial charge in [0.1, 0.15) is 6.10 Å². The first-order chi connectivity index (χ1) is 12.9. The van der Waals surface area contributed by atoms with Crippen molar-refractivity contribution in [2.75, 3.05) is 19.8 Å². The van der Waals surface area contributed by atoms with Crippen molar-refractivity contribution in [2.45, 2.75) is 104 Å². The highest BCUT2D eigenvalue weighted by atomic mass is 32.2. The van der Waals surface area contributed by atoms with Gasteiger partial charge in [-0.25, -0.2) is 4.79 Å². The summed E-state index contributed by atoms with van der Waals surface area (Å²) in [6, 6.07) is 0.270. The van der Waals surface area contributed by atoms with Crippen molar-refractivity contribution in [3.05, 3.63) is 0 Å². The summed E-state index contributed by atoms with van der Waals surface area (Å²) in [5.74, 6) is 0.643. The van der Waals surface area contributed by atoms with Crippen LogP contribution in [0.3, 0.4) is 0 Å². The Hall–Kier alpha value is -0.750. The largest absolute Gasteiger partial charge is 0.446 e. The number of thioether (sulfide) groups is 1. The zero-order valence-corrected chi connectivity index (χ0v) is 19.0. The smallest absolute Gasteiger partial charge is 0.414 e. The highest BCUT2D eigenvalue weighted by molar-refractivity contribution is 8.13. The molecule has 1 N–H and O–H groups in total. The van der Waals surface area contributed by atoms with E-state index in [9.17, 15) is 9.59 Å². The third-order valence-electron chi connectivity index (χ3n) is 4.82. The molecule has 160 valence electrons. The summed E-state index contributed by atoms with van der Waals surface area (Å²) in [5.41, 5.74) is 0. The number of hydrogen-bond acceptors (Lipinski definition) is 5. The van der Waals surface area contributed by atoms with E-state index in [1.165, 1.54) is 44.9 Å². The predicted molar refractivity (Wildman–Crippen MR) is 117 cm³/mol. The molecule has 0 fully saturated rings. The maximum Gasteiger partial charge on any atom is 0.414 e. The molecule has 6 heteroatoms. The Morgan fingerprint density at radius 2 is 1.44 bits per heavy atom. The standard InChI is InChI=1S/C21H42N2O3S/c1-6-8-10-12-14-16-19(15-13-11-9-7-2)26-20(24)22-21(25)27-17-18(3)23(4)5/h18-19H,6-17H2,1-5H3,(H,22,24,25). The highest BCUT2D eigenvalue weighted by Crippen LogP contribution is 2.16. The Morgan fingerprint density at radius 1 is 0.926 bits per heavy atom. The molecule has 0 aliphatic heterocycles. The lowest BCUT2D eigenvalue weighted by Gasteiger charge is -2.19. The molecule has 0 aromatic carbocycles. The molecule has 0 aromatic heterocycles. The van der Waals surface area contributed by atoms with E-state index in [0.29, 0.717) is 5.75 Å². The fourth-order valence-electron chi connectivity index (χ4n) is 2.68. The van der Waals surface area contributed by atoms with Crippen molar-refractivity contribution in [1.29, 1.82) is 0 Å². The fraction of sp³-hybridized carbons (Fsp3) is 0.905. The van der Waals surface area contributed by atoms with Crippen LogP contribution in [-0.2, 0) is 4.74 Å². The first-order valence-electron chi connectivity index (χ1n) is 10.7. The molecule has 0 radical (unpaired) electrons. The van der Waals surface area contributed by atoms with E-state index in [2.05, 4.69) is 19.2 Å². The minimum absolute atomic E-state index is 0.0815. The summed E-state index contributed by atoms with van der Waals surface area (Å²) in [7, 11) is 3.95. The van der Waals surface area contributed by atoms with Crippen molar-refractivity contribution < 1.29 is 14.3 Å². The summed E-state index contributed by atoms with van der Waals surface area (Å²) >= 11 is 1.13. The Balaban J connectivity index is 4.25. The van der Waals surface area contributed by atoms with Gasteiger partial charge < -0.3 is 9.64 Å². The number of carbonyl (C=O) groups excluding carboxylic acids is 2. The van der Waals surface area contributed by atoms with Crippen molar-refractivity contribution in [2.24, 2.45) is 0 Å². The maximum absolute atomic E-state index is 12.1. The van der Waals surface area contributed by atoms with E-state index < -0.39 is 6.09 Å². The van der Waals surface area contributed by atoms with Gasteiger partial charge in [0.25, 0.3) is 5.24 Å². The minimum Gasteiger partial charge on any atom is -0.446 e. The van der Waals surface area contributed by atoms with Crippen LogP contribution in [0.5, 0.6) is 0 Å². The minimum atomic E-state index is -0.598. The molecule has 5 nitrogen and oxygen atoms in total. The zero-order chi connectivity index (χ0) is 20.5. The molecule has 2 amide bonds. The molecule has 0 aliphatic carbocycles. The summed E-state index contributed by atoms with van der Waals surface area (Å²) in [5, 5.41) is 2.03. The molecule has 0 heterocycles. The molecule has 27 heavy (non-hydrogen) atoms. The van der Waals surface area contributed by atoms with Crippen LogP contribution in [-0.4, -0.2) is 48.2 Å². The van der Waals surface area contributed by atoms with Crippen LogP contribution < -0.4 is 5.32 Å². The van der Waals surface area contributed by atoms with Crippen LogP contribution in [0, 0.1) is 0 Å². The van der Waals surface area contributed by atoms with E-state index in [1.807, 2.05) is 25.9 Å². The third kappa shape index (κ3) is 16.0. The van der Waals surface area contributed by atoms with Gasteiger partial charge in [-0.1, -0.05) is 70.6 Å². The summed E-state index contributed by atoms with van der Waals surface area (Å²) in [4.78, 5) is 26.1. The number of ether oxygens (including phenoxy) is 1. The summed E-state index contributed by atoms with van der Waals surface area (Å²) in [6.07, 6.45) is 11.7. The molecular weight excluding hydrogens is 360 g/mol. The van der Waals surface area contributed by atoms with Crippen molar-refractivity contribution in [1.82, 2.24) is 10.2 Å². The van der Waals surface area contributed by atoms with Gasteiger partial charge in [-0.15, -0.1) is 0 Å². The zero-order valence-electron chi connectivity index (χ0n) is 18.2. The first kappa shape index (κ1) is 26.2. The van der Waals surface area contributed by atoms with Crippen molar-refractivity contribution >= 4 is 23.1 Å². The van der Waals surface area contributed by atoms with Crippen LogP contribution in [0.15, 0.2) is 0 Å². The molecule has 0 aromatic rings. The second-order valence-corrected chi connectivity index (χ2v) is 8.61. The second kappa shape index (κ2) is 17.4. The molecule has 0 saturated carbocycles. The molecular formula is C21H42N2O3S. The van der Waals surface area contributed by atoms with E-state index in [-0.39, 0.29) is 17.4 Å². The SMILES string of the molecule is CCCCCCCC(CCCCCC)OC(=O)NC(=O)SCC(C)N(C)C. The number of rotatable bonds is 15. The van der Waals surface area contributed by atoms with Gasteiger partial charge in [-0.2, -0.15) is 0 Å². The topological polar surface area (TPSA) is 58.6 Å². The number of unbranched alkanes of at least 4 members (excludes halogenated alkanes) is 7. The monoisotopic (exact) mass is 402 g/mol. The van der Waals surface area contributed by atoms with Gasteiger partial charge in [0.15, 0.2) is 0 Å². The van der Waals surface area contributed by atoms with Gasteiger partial charge in [-0.05, 0) is 46.7 Å². The molecule has 0 aliphatic rings. The van der Waals surface area contributed by atoms with E-state index >= 15 is 0 Å². The average Bonchev–Trinajstić information content (AvgIpc) is 2.62. The van der Waals surface area contributed by atoms with Gasteiger partial charge in [-0.3, -0.25) is 10.1 Å². The van der Waals surface area contributed by atoms with E-state index in [0.717, 1.165) is 37.4 Å². The molecule has 0 saturated heterocycles. The van der Waals surface area contributed by atoms with Crippen molar-refractivity contribution in [3.8, 4) is 0 Å². The maximum atomic E-state index is 12.1. The number of nitrogens with one attached hydrogen (secondary N) is 1. The molecule has 2 atom stereocenters. The number of amides is 2. The van der Waals surface area contributed by atoms with Crippen LogP contribution in [0.2, 0.25) is 0 Å². The lowest BCUT2D eigenvalue weighted by Crippen LogP contribution is -2.33. The Morgan fingerprint density at radius 3 is 1.96 bits per heavy atom. The number of alkyl carbamates (subject to hydrolysis) is 1. The number of imide groups is 1. The van der Waals surface area contributed by atoms with Crippen LogP contribution in [0.1, 0.15) is 91.4 Å². The van der Waals surface area contributed by atoms with Crippen LogP contribution in [0.25, 0.3) is 0 Å².